The summed E-state index contributed by atoms with van der Waals surface area (Å²) in [4.78, 5) is 21.8. The molecule has 0 saturated carbocycles. The Balaban J connectivity index is 2.66. The van der Waals surface area contributed by atoms with Crippen LogP contribution in [0.3, 0.4) is 0 Å². The molecule has 8 heteroatoms. The van der Waals surface area contributed by atoms with Crippen LogP contribution >= 0.6 is 0 Å². The van der Waals surface area contributed by atoms with Crippen LogP contribution < -0.4 is 4.72 Å². The van der Waals surface area contributed by atoms with Gasteiger partial charge in [-0.2, -0.15) is 0 Å². The number of anilines is 1. The number of aliphatic carboxylic acids is 1. The number of esters is 1. The van der Waals surface area contributed by atoms with Crippen molar-refractivity contribution in [2.24, 2.45) is 0 Å². The molecule has 0 amide bonds. The van der Waals surface area contributed by atoms with Crippen LogP contribution in [0.5, 0.6) is 0 Å². The number of nitrogens with one attached hydrogen (secondary N) is 1. The summed E-state index contributed by atoms with van der Waals surface area (Å²) in [6, 6.07) is 6.09. The zero-order valence-electron chi connectivity index (χ0n) is 11.5. The second-order valence-electron chi connectivity index (χ2n) is 4.25. The van der Waals surface area contributed by atoms with Crippen LogP contribution in [-0.4, -0.2) is 37.8 Å². The highest BCUT2D eigenvalue weighted by molar-refractivity contribution is 7.92. The molecule has 2 N–H and O–H groups in total. The zero-order valence-corrected chi connectivity index (χ0v) is 12.4. The molecule has 0 aliphatic rings. The van der Waals surface area contributed by atoms with Gasteiger partial charge < -0.3 is 9.84 Å². The molecule has 7 nitrogen and oxygen atoms in total. The fourth-order valence-electron chi connectivity index (χ4n) is 1.60. The number of benzene rings is 1. The van der Waals surface area contributed by atoms with Gasteiger partial charge in [-0.3, -0.25) is 14.3 Å². The van der Waals surface area contributed by atoms with E-state index in [9.17, 15) is 18.0 Å². The molecule has 1 rings (SSSR count). The summed E-state index contributed by atoms with van der Waals surface area (Å²) in [5.74, 6) is -1.98. The third-order valence-electron chi connectivity index (χ3n) is 2.44. The van der Waals surface area contributed by atoms with Gasteiger partial charge in [0.1, 0.15) is 0 Å². The number of carboxylic acid groups (broad SMARTS) is 1. The lowest BCUT2D eigenvalue weighted by Crippen LogP contribution is -2.20. The Kier molecular flexibility index (Phi) is 6.16. The van der Waals surface area contributed by atoms with Crippen LogP contribution in [0, 0.1) is 0 Å². The van der Waals surface area contributed by atoms with Gasteiger partial charge in [-0.15, -0.1) is 0 Å². The molecule has 116 valence electrons. The summed E-state index contributed by atoms with van der Waals surface area (Å²) in [6.07, 6.45) is -0.434. The number of hydrogen-bond donors (Lipinski definition) is 2. The first-order chi connectivity index (χ1) is 9.82. The third kappa shape index (κ3) is 6.75. The van der Waals surface area contributed by atoms with Crippen LogP contribution in [0.1, 0.15) is 18.9 Å². The Hall–Kier alpha value is -2.09. The second kappa shape index (κ2) is 7.63. The molecule has 0 radical (unpaired) electrons. The third-order valence-corrected chi connectivity index (χ3v) is 3.72. The van der Waals surface area contributed by atoms with Crippen LogP contribution in [0.15, 0.2) is 24.3 Å². The van der Waals surface area contributed by atoms with Gasteiger partial charge in [0, 0.05) is 5.69 Å². The molecule has 0 aliphatic heterocycles. The van der Waals surface area contributed by atoms with Crippen molar-refractivity contribution in [2.45, 2.75) is 19.8 Å². The summed E-state index contributed by atoms with van der Waals surface area (Å²) in [7, 11) is -3.69. The maximum absolute atomic E-state index is 11.8. The fourth-order valence-corrected chi connectivity index (χ4v) is 2.62. The average molecular weight is 315 g/mol. The van der Waals surface area contributed by atoms with E-state index in [1.807, 2.05) is 0 Å². The average Bonchev–Trinajstić information content (AvgIpc) is 2.36. The standard InChI is InChI=1S/C13H17NO6S/c1-2-20-13(17)6-7-21(18,19)14-11-5-3-4-10(8-11)9-12(15)16/h3-5,8,14H,2,6-7,9H2,1H3,(H,15,16). The predicted octanol–water partition coefficient (Wildman–Crippen LogP) is 1.01. The van der Waals surface area contributed by atoms with Crippen molar-refractivity contribution in [3.63, 3.8) is 0 Å². The highest BCUT2D eigenvalue weighted by atomic mass is 32.2. The molecule has 0 saturated heterocycles. The quantitative estimate of drug-likeness (QED) is 0.693. The van der Waals surface area contributed by atoms with Crippen molar-refractivity contribution in [2.75, 3.05) is 17.1 Å². The molecule has 0 aromatic heterocycles. The molecule has 0 atom stereocenters. The van der Waals surface area contributed by atoms with Gasteiger partial charge >= 0.3 is 11.9 Å². The molecular formula is C13H17NO6S. The maximum Gasteiger partial charge on any atom is 0.307 e. The number of carbonyl (C=O) groups excluding carboxylic acids is 1. The number of sulfonamides is 1. The van der Waals surface area contributed by atoms with Crippen molar-refractivity contribution >= 4 is 27.6 Å². The summed E-state index contributed by atoms with van der Waals surface area (Å²) >= 11 is 0. The smallest absolute Gasteiger partial charge is 0.307 e. The molecule has 0 bridgehead atoms. The van der Waals surface area contributed by atoms with Crippen LogP contribution in [0.4, 0.5) is 5.69 Å². The Labute approximate surface area is 123 Å². The van der Waals surface area contributed by atoms with Crippen LogP contribution in [-0.2, 0) is 30.8 Å². The van der Waals surface area contributed by atoms with E-state index in [4.69, 9.17) is 5.11 Å². The minimum absolute atomic E-state index is 0.196. The van der Waals surface area contributed by atoms with E-state index in [2.05, 4.69) is 9.46 Å². The van der Waals surface area contributed by atoms with E-state index >= 15 is 0 Å². The molecule has 0 heterocycles. The topological polar surface area (TPSA) is 110 Å². The molecule has 1 aromatic carbocycles. The Morgan fingerprint density at radius 2 is 2.05 bits per heavy atom. The number of carboxylic acids is 1. The molecule has 0 aliphatic carbocycles. The maximum atomic E-state index is 11.8. The Bertz CT molecular complexity index is 611. The van der Waals surface area contributed by atoms with E-state index in [0.29, 0.717) is 5.56 Å². The van der Waals surface area contributed by atoms with Crippen molar-refractivity contribution in [1.29, 1.82) is 0 Å². The lowest BCUT2D eigenvalue weighted by atomic mass is 10.1. The molecule has 21 heavy (non-hydrogen) atoms. The SMILES string of the molecule is CCOC(=O)CCS(=O)(=O)Nc1cccc(CC(=O)O)c1. The fraction of sp³-hybridized carbons (Fsp3) is 0.385. The number of hydrogen-bond acceptors (Lipinski definition) is 5. The van der Waals surface area contributed by atoms with Gasteiger partial charge in [-0.1, -0.05) is 12.1 Å². The van der Waals surface area contributed by atoms with E-state index in [1.165, 1.54) is 12.1 Å². The highest BCUT2D eigenvalue weighted by Crippen LogP contribution is 2.13. The van der Waals surface area contributed by atoms with Crippen molar-refractivity contribution in [1.82, 2.24) is 0 Å². The van der Waals surface area contributed by atoms with Crippen LogP contribution in [0.25, 0.3) is 0 Å². The van der Waals surface area contributed by atoms with Gasteiger partial charge in [-0.25, -0.2) is 8.42 Å². The minimum atomic E-state index is -3.69. The first kappa shape index (κ1) is 17.0. The lowest BCUT2D eigenvalue weighted by molar-refractivity contribution is -0.142. The number of ether oxygens (including phenoxy) is 1. The zero-order chi connectivity index (χ0) is 15.9. The molecule has 0 unspecified atom stereocenters. The van der Waals surface area contributed by atoms with E-state index < -0.39 is 27.7 Å². The highest BCUT2D eigenvalue weighted by Gasteiger charge is 2.14. The minimum Gasteiger partial charge on any atom is -0.481 e. The summed E-state index contributed by atoms with van der Waals surface area (Å²) in [5, 5.41) is 8.70. The normalized spacial score (nSPS) is 10.9. The molecule has 0 fully saturated rings. The van der Waals surface area contributed by atoms with Crippen LogP contribution in [0.2, 0.25) is 0 Å². The molecular weight excluding hydrogens is 298 g/mol. The van der Waals surface area contributed by atoms with E-state index in [1.54, 1.807) is 19.1 Å². The Morgan fingerprint density at radius 1 is 1.33 bits per heavy atom. The van der Waals surface area contributed by atoms with Crippen molar-refractivity contribution in [3.05, 3.63) is 29.8 Å². The molecule has 1 aromatic rings. The van der Waals surface area contributed by atoms with Gasteiger partial charge in [0.25, 0.3) is 0 Å². The predicted molar refractivity (Wildman–Crippen MR) is 76.4 cm³/mol. The monoisotopic (exact) mass is 315 g/mol. The van der Waals surface area contributed by atoms with Crippen molar-refractivity contribution in [3.8, 4) is 0 Å². The molecule has 0 spiro atoms. The first-order valence-electron chi connectivity index (χ1n) is 6.29. The number of rotatable bonds is 8. The van der Waals surface area contributed by atoms with Crippen molar-refractivity contribution < 1.29 is 27.9 Å². The second-order valence-corrected chi connectivity index (χ2v) is 6.09. The van der Waals surface area contributed by atoms with Gasteiger partial charge in [0.15, 0.2) is 0 Å². The van der Waals surface area contributed by atoms with Gasteiger partial charge in [0.05, 0.1) is 25.2 Å². The largest absolute Gasteiger partial charge is 0.481 e. The lowest BCUT2D eigenvalue weighted by Gasteiger charge is -2.09. The summed E-state index contributed by atoms with van der Waals surface area (Å²) in [5.41, 5.74) is 0.741. The Morgan fingerprint density at radius 3 is 2.67 bits per heavy atom. The summed E-state index contributed by atoms with van der Waals surface area (Å²) in [6.45, 7) is 1.84. The van der Waals surface area contributed by atoms with E-state index in [0.717, 1.165) is 0 Å². The number of carbonyl (C=O) groups is 2. The summed E-state index contributed by atoms with van der Waals surface area (Å²) < 4.78 is 30.6. The van der Waals surface area contributed by atoms with Gasteiger partial charge in [0.2, 0.25) is 10.0 Å². The van der Waals surface area contributed by atoms with Gasteiger partial charge in [-0.05, 0) is 24.6 Å². The first-order valence-corrected chi connectivity index (χ1v) is 7.94. The van der Waals surface area contributed by atoms with E-state index in [-0.39, 0.29) is 25.1 Å².